The zero-order chi connectivity index (χ0) is 17.9. The minimum atomic E-state index is -0.280. The molecule has 3 heterocycles. The van der Waals surface area contributed by atoms with Gasteiger partial charge in [0.2, 0.25) is 5.91 Å². The largest absolute Gasteiger partial charge is 0.378 e. The molecular formula is C17H17N5O3S. The summed E-state index contributed by atoms with van der Waals surface area (Å²) in [5.41, 5.74) is 0.850. The molecule has 1 saturated heterocycles. The second-order valence-electron chi connectivity index (χ2n) is 5.84. The molecule has 1 amide bonds. The number of rotatable bonds is 4. The highest BCUT2D eigenvalue weighted by atomic mass is 32.1. The summed E-state index contributed by atoms with van der Waals surface area (Å²) in [7, 11) is 0. The van der Waals surface area contributed by atoms with E-state index in [1.807, 2.05) is 18.2 Å². The SMILES string of the molecule is O=C(Cn1cnc2nc(N3CCOCC3)sc2c1=O)Nc1ccccc1. The average molecular weight is 371 g/mol. The molecule has 1 aliphatic heterocycles. The summed E-state index contributed by atoms with van der Waals surface area (Å²) < 4.78 is 7.11. The highest BCUT2D eigenvalue weighted by Crippen LogP contribution is 2.25. The number of para-hydroxylation sites is 1. The number of aromatic nitrogens is 3. The lowest BCUT2D eigenvalue weighted by Gasteiger charge is -2.25. The quantitative estimate of drug-likeness (QED) is 0.744. The number of morpholine rings is 1. The first-order valence-corrected chi connectivity index (χ1v) is 9.06. The van der Waals surface area contributed by atoms with E-state index >= 15 is 0 Å². The summed E-state index contributed by atoms with van der Waals surface area (Å²) in [5, 5.41) is 3.53. The number of carbonyl (C=O) groups excluding carboxylic acids is 1. The van der Waals surface area contributed by atoms with E-state index in [0.29, 0.717) is 29.2 Å². The molecule has 8 nitrogen and oxygen atoms in total. The summed E-state index contributed by atoms with van der Waals surface area (Å²) in [6, 6.07) is 9.12. The fraction of sp³-hybridized carbons (Fsp3) is 0.294. The Hall–Kier alpha value is -2.78. The van der Waals surface area contributed by atoms with E-state index in [1.54, 1.807) is 12.1 Å². The number of benzene rings is 1. The number of ether oxygens (including phenoxy) is 1. The van der Waals surface area contributed by atoms with Crippen LogP contribution in [0.15, 0.2) is 41.5 Å². The third kappa shape index (κ3) is 3.44. The van der Waals surface area contributed by atoms with Gasteiger partial charge in [-0.1, -0.05) is 29.5 Å². The maximum Gasteiger partial charge on any atom is 0.273 e. The van der Waals surface area contributed by atoms with Crippen LogP contribution < -0.4 is 15.8 Å². The Morgan fingerprint density at radius 2 is 2.00 bits per heavy atom. The number of hydrogen-bond acceptors (Lipinski definition) is 7. The van der Waals surface area contributed by atoms with Crippen molar-refractivity contribution in [2.24, 2.45) is 0 Å². The maximum absolute atomic E-state index is 12.7. The van der Waals surface area contributed by atoms with E-state index in [4.69, 9.17) is 4.74 Å². The van der Waals surface area contributed by atoms with Gasteiger partial charge in [-0.3, -0.25) is 14.2 Å². The van der Waals surface area contributed by atoms with Gasteiger partial charge in [-0.2, -0.15) is 4.98 Å². The Morgan fingerprint density at radius 3 is 2.77 bits per heavy atom. The normalized spacial score (nSPS) is 14.5. The van der Waals surface area contributed by atoms with Crippen LogP contribution in [0.3, 0.4) is 0 Å². The van der Waals surface area contributed by atoms with E-state index in [0.717, 1.165) is 18.2 Å². The van der Waals surface area contributed by atoms with Crippen molar-refractivity contribution in [2.45, 2.75) is 6.54 Å². The predicted molar refractivity (Wildman–Crippen MR) is 99.8 cm³/mol. The van der Waals surface area contributed by atoms with Gasteiger partial charge in [0.05, 0.1) is 13.2 Å². The Kier molecular flexibility index (Phi) is 4.63. The summed E-state index contributed by atoms with van der Waals surface area (Å²) in [6.45, 7) is 2.68. The highest BCUT2D eigenvalue weighted by molar-refractivity contribution is 7.22. The van der Waals surface area contributed by atoms with Crippen molar-refractivity contribution in [3.05, 3.63) is 47.0 Å². The molecule has 1 aliphatic rings. The second kappa shape index (κ2) is 7.22. The van der Waals surface area contributed by atoms with E-state index in [2.05, 4.69) is 20.2 Å². The summed E-state index contributed by atoms with van der Waals surface area (Å²) in [4.78, 5) is 35.6. The van der Waals surface area contributed by atoms with Crippen LogP contribution in [0.25, 0.3) is 10.3 Å². The van der Waals surface area contributed by atoms with Crippen molar-refractivity contribution in [3.8, 4) is 0 Å². The number of hydrogen-bond donors (Lipinski definition) is 1. The number of fused-ring (bicyclic) bond motifs is 1. The fourth-order valence-corrected chi connectivity index (χ4v) is 3.73. The molecule has 0 saturated carbocycles. The van der Waals surface area contributed by atoms with Crippen molar-refractivity contribution >= 4 is 38.4 Å². The van der Waals surface area contributed by atoms with E-state index < -0.39 is 0 Å². The Morgan fingerprint density at radius 1 is 1.23 bits per heavy atom. The van der Waals surface area contributed by atoms with Gasteiger partial charge >= 0.3 is 0 Å². The molecule has 2 aromatic heterocycles. The smallest absolute Gasteiger partial charge is 0.273 e. The molecule has 1 fully saturated rings. The standard InChI is InChI=1S/C17H17N5O3S/c23-13(19-12-4-2-1-3-5-12)10-22-11-18-15-14(16(22)24)26-17(20-15)21-6-8-25-9-7-21/h1-5,11H,6-10H2,(H,19,23). The lowest BCUT2D eigenvalue weighted by Crippen LogP contribution is -2.36. The minimum absolute atomic E-state index is 0.0958. The molecule has 4 rings (SSSR count). The Balaban J connectivity index is 1.55. The summed E-state index contributed by atoms with van der Waals surface area (Å²) in [5.74, 6) is -0.280. The lowest BCUT2D eigenvalue weighted by molar-refractivity contribution is -0.116. The highest BCUT2D eigenvalue weighted by Gasteiger charge is 2.18. The Bertz CT molecular complexity index is 979. The second-order valence-corrected chi connectivity index (χ2v) is 6.82. The van der Waals surface area contributed by atoms with Gasteiger partial charge in [-0.25, -0.2) is 4.98 Å². The van der Waals surface area contributed by atoms with Crippen molar-refractivity contribution in [1.29, 1.82) is 0 Å². The molecule has 0 bridgehead atoms. The number of nitrogens with zero attached hydrogens (tertiary/aromatic N) is 4. The van der Waals surface area contributed by atoms with Crippen LogP contribution in [-0.2, 0) is 16.1 Å². The number of carbonyl (C=O) groups is 1. The van der Waals surface area contributed by atoms with Crippen molar-refractivity contribution in [3.63, 3.8) is 0 Å². The number of nitrogens with one attached hydrogen (secondary N) is 1. The van der Waals surface area contributed by atoms with Crippen molar-refractivity contribution < 1.29 is 9.53 Å². The first-order chi connectivity index (χ1) is 12.7. The molecule has 0 spiro atoms. The summed E-state index contributed by atoms with van der Waals surface area (Å²) in [6.07, 6.45) is 1.37. The maximum atomic E-state index is 12.7. The average Bonchev–Trinajstić information content (AvgIpc) is 3.11. The molecule has 0 aliphatic carbocycles. The summed E-state index contributed by atoms with van der Waals surface area (Å²) >= 11 is 1.31. The number of thiazole rings is 1. The van der Waals surface area contributed by atoms with E-state index in [-0.39, 0.29) is 18.0 Å². The molecule has 3 aromatic rings. The van der Waals surface area contributed by atoms with E-state index in [9.17, 15) is 9.59 Å². The monoisotopic (exact) mass is 371 g/mol. The van der Waals surface area contributed by atoms with Crippen molar-refractivity contribution in [1.82, 2.24) is 14.5 Å². The number of anilines is 2. The zero-order valence-electron chi connectivity index (χ0n) is 13.9. The molecule has 0 radical (unpaired) electrons. The first-order valence-electron chi connectivity index (χ1n) is 8.24. The van der Waals surface area contributed by atoms with Crippen LogP contribution >= 0.6 is 11.3 Å². The van der Waals surface area contributed by atoms with Crippen LogP contribution in [0, 0.1) is 0 Å². The lowest BCUT2D eigenvalue weighted by atomic mass is 10.3. The van der Waals surface area contributed by atoms with Crippen LogP contribution in [0.2, 0.25) is 0 Å². The zero-order valence-corrected chi connectivity index (χ0v) is 14.7. The van der Waals surface area contributed by atoms with Crippen LogP contribution in [0.4, 0.5) is 10.8 Å². The number of amides is 1. The van der Waals surface area contributed by atoms with Crippen molar-refractivity contribution in [2.75, 3.05) is 36.5 Å². The van der Waals surface area contributed by atoms with E-state index in [1.165, 1.54) is 22.2 Å². The van der Waals surface area contributed by atoms with Gasteiger partial charge in [0.15, 0.2) is 10.8 Å². The van der Waals surface area contributed by atoms with Gasteiger partial charge in [0.25, 0.3) is 5.56 Å². The van der Waals surface area contributed by atoms with Crippen LogP contribution in [0.1, 0.15) is 0 Å². The van der Waals surface area contributed by atoms with Gasteiger partial charge in [0, 0.05) is 18.8 Å². The minimum Gasteiger partial charge on any atom is -0.378 e. The van der Waals surface area contributed by atoms with Crippen LogP contribution in [0.5, 0.6) is 0 Å². The molecular weight excluding hydrogens is 354 g/mol. The molecule has 134 valence electrons. The first kappa shape index (κ1) is 16.7. The van der Waals surface area contributed by atoms with Gasteiger partial charge in [-0.15, -0.1) is 0 Å². The molecule has 9 heteroatoms. The molecule has 1 aromatic carbocycles. The third-order valence-corrected chi connectivity index (χ3v) is 5.12. The third-order valence-electron chi connectivity index (χ3n) is 4.03. The van der Waals surface area contributed by atoms with Gasteiger partial charge in [0.1, 0.15) is 17.6 Å². The van der Waals surface area contributed by atoms with Gasteiger partial charge in [-0.05, 0) is 12.1 Å². The predicted octanol–water partition coefficient (Wildman–Crippen LogP) is 1.33. The topological polar surface area (TPSA) is 89.3 Å². The van der Waals surface area contributed by atoms with Crippen LogP contribution in [-0.4, -0.2) is 46.7 Å². The van der Waals surface area contributed by atoms with Gasteiger partial charge < -0.3 is 15.0 Å². The molecule has 0 atom stereocenters. The molecule has 26 heavy (non-hydrogen) atoms. The molecule has 1 N–H and O–H groups in total. The molecule has 0 unspecified atom stereocenters. The fourth-order valence-electron chi connectivity index (χ4n) is 2.71. The Labute approximate surface area is 153 Å².